The topological polar surface area (TPSA) is 37.3 Å². The number of carboxylic acid groups (broad SMARTS) is 1. The monoisotopic (exact) mass is 660 g/mol. The van der Waals surface area contributed by atoms with Crippen LogP contribution in [0.1, 0.15) is 43.7 Å². The zero-order valence-corrected chi connectivity index (χ0v) is 26.8. The van der Waals surface area contributed by atoms with E-state index in [9.17, 15) is 4.79 Å². The van der Waals surface area contributed by atoms with Crippen LogP contribution >= 0.6 is 34.8 Å². The Hall–Kier alpha value is -1.98. The number of carboxylic acids is 1. The summed E-state index contributed by atoms with van der Waals surface area (Å²) in [4.78, 5) is 10.8. The van der Waals surface area contributed by atoms with Crippen molar-refractivity contribution in [2.24, 2.45) is 0 Å². The Morgan fingerprint density at radius 3 is 1.27 bits per heavy atom. The van der Waals surface area contributed by atoms with Gasteiger partial charge in [-0.05, 0) is 31.9 Å². The molecular weight excluding hydrogens is 629 g/mol. The van der Waals surface area contributed by atoms with Crippen molar-refractivity contribution in [3.63, 3.8) is 0 Å². The van der Waals surface area contributed by atoms with E-state index >= 15 is 0 Å². The molecule has 4 rings (SSSR count). The third-order valence-electron chi connectivity index (χ3n) is 6.29. The molecule has 1 N–H and O–H groups in total. The summed E-state index contributed by atoms with van der Waals surface area (Å²) in [6.45, 7) is 5.61. The van der Waals surface area contributed by atoms with Crippen LogP contribution in [0.15, 0.2) is 84.9 Å². The Labute approximate surface area is 242 Å². The van der Waals surface area contributed by atoms with Crippen LogP contribution in [-0.2, 0) is 13.3 Å². The van der Waals surface area contributed by atoms with E-state index in [2.05, 4.69) is 36.4 Å². The van der Waals surface area contributed by atoms with Crippen LogP contribution < -0.4 is 0 Å². The Morgan fingerprint density at radius 1 is 0.649 bits per heavy atom. The van der Waals surface area contributed by atoms with Crippen LogP contribution in [0.2, 0.25) is 15.1 Å². The number of hydrogen-bond acceptors (Lipinski definition) is 1. The van der Waals surface area contributed by atoms with Crippen LogP contribution in [0.25, 0.3) is 0 Å². The molecule has 0 aromatic heterocycles. The summed E-state index contributed by atoms with van der Waals surface area (Å²) in [6, 6.07) is 28.3. The van der Waals surface area contributed by atoms with Gasteiger partial charge in [-0.25, -0.2) is 4.79 Å². The molecule has 0 saturated heterocycles. The molecule has 4 aromatic rings. The summed E-state index contributed by atoms with van der Waals surface area (Å²) < 4.78 is 3.29. The van der Waals surface area contributed by atoms with E-state index in [0.717, 1.165) is 45.1 Å². The number of hydrogen-bond donors (Lipinski definition) is 1. The van der Waals surface area contributed by atoms with Gasteiger partial charge in [0, 0.05) is 0 Å². The molecule has 0 saturated carbocycles. The van der Waals surface area contributed by atoms with Gasteiger partial charge in [-0.3, -0.25) is 0 Å². The normalized spacial score (nSPS) is 10.7. The van der Waals surface area contributed by atoms with Crippen LogP contribution in [-0.4, -0.2) is 30.8 Å². The van der Waals surface area contributed by atoms with Crippen molar-refractivity contribution in [2.75, 3.05) is 0 Å². The van der Waals surface area contributed by atoms with Crippen molar-refractivity contribution in [3.8, 4) is 0 Å². The van der Waals surface area contributed by atoms with E-state index in [1.54, 1.807) is 0 Å². The summed E-state index contributed by atoms with van der Waals surface area (Å²) in [5, 5.41) is 11.4. The van der Waals surface area contributed by atoms with E-state index in [-0.39, 0.29) is 0 Å². The van der Waals surface area contributed by atoms with Gasteiger partial charge in [-0.2, -0.15) is 0 Å². The number of benzene rings is 4. The molecule has 4 aromatic carbocycles. The molecule has 0 bridgehead atoms. The average Bonchev–Trinajstić information content (AvgIpc) is 2.83. The Kier molecular flexibility index (Phi) is 11.4. The zero-order chi connectivity index (χ0) is 26.9. The number of halogens is 3. The molecule has 0 unspecified atom stereocenters. The van der Waals surface area contributed by atoms with Crippen molar-refractivity contribution in [3.05, 3.63) is 139 Å². The van der Waals surface area contributed by atoms with E-state index in [0.29, 0.717) is 5.56 Å². The van der Waals surface area contributed by atoms with Gasteiger partial charge in [-0.15, -0.1) is 0 Å². The average molecular weight is 661 g/mol. The molecule has 0 amide bonds. The third-order valence-corrected chi connectivity index (χ3v) is 16.1. The van der Waals surface area contributed by atoms with Gasteiger partial charge in [0.15, 0.2) is 0 Å². The molecule has 192 valence electrons. The maximum atomic E-state index is 10.8. The molecule has 0 heterocycles. The molecule has 0 fully saturated rings. The Morgan fingerprint density at radius 2 is 0.973 bits per heavy atom. The van der Waals surface area contributed by atoms with Crippen LogP contribution in [0, 0.1) is 20.8 Å². The second-order valence-corrected chi connectivity index (χ2v) is 19.0. The molecule has 0 radical (unpaired) electrons. The first-order chi connectivity index (χ1) is 17.7. The molecule has 0 spiro atoms. The first kappa shape index (κ1) is 29.6. The van der Waals surface area contributed by atoms with E-state index in [4.69, 9.17) is 39.9 Å². The van der Waals surface area contributed by atoms with Gasteiger partial charge in [0.1, 0.15) is 0 Å². The number of aryl methyl sites for hydroxylation is 3. The van der Waals surface area contributed by atoms with Gasteiger partial charge in [0.2, 0.25) is 0 Å². The Balaban J connectivity index is 0.000000266. The van der Waals surface area contributed by atoms with Crippen molar-refractivity contribution in [1.82, 2.24) is 0 Å². The molecule has 2 nitrogen and oxygen atoms in total. The summed E-state index contributed by atoms with van der Waals surface area (Å²) in [5.41, 5.74) is 6.97. The Bertz CT molecular complexity index is 1230. The summed E-state index contributed by atoms with van der Waals surface area (Å²) in [6.07, 6.45) is 0. The van der Waals surface area contributed by atoms with Crippen molar-refractivity contribution in [1.29, 1.82) is 0 Å². The van der Waals surface area contributed by atoms with Gasteiger partial charge in [-0.1, -0.05) is 17.7 Å². The molecule has 6 heteroatoms. The van der Waals surface area contributed by atoms with Crippen LogP contribution in [0.3, 0.4) is 0 Å². The van der Waals surface area contributed by atoms with Gasteiger partial charge in [0.05, 0.1) is 5.56 Å². The number of rotatable bonds is 7. The minimum atomic E-state index is -2.08. The zero-order valence-electron chi connectivity index (χ0n) is 21.3. The van der Waals surface area contributed by atoms with Gasteiger partial charge in [0.25, 0.3) is 0 Å². The van der Waals surface area contributed by atoms with Crippen molar-refractivity contribution < 1.29 is 9.90 Å². The minimum absolute atomic E-state index is 0.431. The molecular formula is C31H31Cl3O2Sn. The second kappa shape index (κ2) is 14.2. The van der Waals surface area contributed by atoms with Crippen molar-refractivity contribution >= 4 is 60.5 Å². The fourth-order valence-electron chi connectivity index (χ4n) is 4.66. The third kappa shape index (κ3) is 8.78. The fraction of sp³-hybridized carbons (Fsp3) is 0.194. The van der Waals surface area contributed by atoms with E-state index in [1.165, 1.54) is 16.7 Å². The predicted molar refractivity (Wildman–Crippen MR) is 160 cm³/mol. The molecule has 0 aliphatic rings. The second-order valence-electron chi connectivity index (χ2n) is 9.33. The first-order valence-electron chi connectivity index (χ1n) is 12.2. The summed E-state index contributed by atoms with van der Waals surface area (Å²) in [7, 11) is 0. The number of carbonyl (C=O) groups is 1. The van der Waals surface area contributed by atoms with Crippen molar-refractivity contribution in [2.45, 2.75) is 34.1 Å². The van der Waals surface area contributed by atoms with E-state index in [1.807, 2.05) is 69.3 Å². The number of aromatic carboxylic acids is 1. The predicted octanol–water partition coefficient (Wildman–Crippen LogP) is 8.83. The standard InChI is InChI=1S/C10H12O2.3C7H6Cl.Sn.H/c1-6-4-7(2)9(10(11)12)8(3)5-6;3*1-6-4-2-3-5-7(6)8;;/h4-5H,1-3H3,(H,11,12);3*2-5H,1H2;;. The van der Waals surface area contributed by atoms with Crippen LogP contribution in [0.4, 0.5) is 0 Å². The van der Waals surface area contributed by atoms with Gasteiger partial charge >= 0.3 is 178 Å². The van der Waals surface area contributed by atoms with Gasteiger partial charge < -0.3 is 5.11 Å². The molecule has 0 aliphatic heterocycles. The molecule has 37 heavy (non-hydrogen) atoms. The van der Waals surface area contributed by atoms with Crippen LogP contribution in [0.5, 0.6) is 0 Å². The summed E-state index contributed by atoms with van der Waals surface area (Å²) in [5.74, 6) is -0.843. The first-order valence-corrected chi connectivity index (χ1v) is 20.3. The molecule has 0 aliphatic carbocycles. The summed E-state index contributed by atoms with van der Waals surface area (Å²) >= 11 is 17.2. The fourth-order valence-corrected chi connectivity index (χ4v) is 16.0. The van der Waals surface area contributed by atoms with E-state index < -0.39 is 25.7 Å². The SMILES string of the molecule is Cc1cc(C)c(C(=O)O)c(C)c1.Clc1ccccc1[CH2][SnH]([CH2]c1ccccc1Cl)[CH2]c1ccccc1Cl. The maximum absolute atomic E-state index is 10.8. The molecule has 0 atom stereocenters. The quantitative estimate of drug-likeness (QED) is 0.201.